The minimum atomic E-state index is -0.137. The van der Waals surface area contributed by atoms with Crippen LogP contribution in [0, 0.1) is 13.8 Å². The van der Waals surface area contributed by atoms with Crippen LogP contribution in [0.2, 0.25) is 0 Å². The fraction of sp³-hybridized carbons (Fsp3) is 0.174. The van der Waals surface area contributed by atoms with E-state index in [1.54, 1.807) is 17.8 Å². The van der Waals surface area contributed by atoms with Gasteiger partial charge in [0.1, 0.15) is 4.83 Å². The van der Waals surface area contributed by atoms with E-state index in [1.165, 1.54) is 38.3 Å². The Bertz CT molecular complexity index is 1260. The number of carbonyl (C=O) groups is 1. The molecule has 0 aliphatic carbocycles. The third-order valence-corrected chi connectivity index (χ3v) is 6.70. The molecule has 2 aromatic carbocycles. The van der Waals surface area contributed by atoms with Crippen molar-refractivity contribution in [1.29, 1.82) is 0 Å². The number of hydrogen-bond acceptors (Lipinski definition) is 5. The number of aryl methyl sites for hydroxylation is 3. The first kappa shape index (κ1) is 20.4. The van der Waals surface area contributed by atoms with Crippen LogP contribution in [-0.4, -0.2) is 15.5 Å². The van der Waals surface area contributed by atoms with Gasteiger partial charge in [-0.15, -0.1) is 11.3 Å². The Morgan fingerprint density at radius 1 is 1.07 bits per heavy atom. The van der Waals surface area contributed by atoms with Gasteiger partial charge in [0, 0.05) is 28.4 Å². The number of anilines is 1. The van der Waals surface area contributed by atoms with Crippen LogP contribution in [0.3, 0.4) is 0 Å². The van der Waals surface area contributed by atoms with Crippen LogP contribution in [0.15, 0.2) is 74.8 Å². The summed E-state index contributed by atoms with van der Waals surface area (Å²) in [6.07, 6.45) is 1.71. The Balaban J connectivity index is 1.34. The van der Waals surface area contributed by atoms with Crippen molar-refractivity contribution in [2.24, 2.45) is 0 Å². The number of hydrogen-bond donors (Lipinski definition) is 1. The molecular formula is C23H21N3O2S2. The Labute approximate surface area is 182 Å². The molecule has 0 aliphatic heterocycles. The van der Waals surface area contributed by atoms with Crippen LogP contribution in [0.5, 0.6) is 0 Å². The van der Waals surface area contributed by atoms with Crippen molar-refractivity contribution in [3.05, 3.63) is 81.7 Å². The zero-order chi connectivity index (χ0) is 21.1. The van der Waals surface area contributed by atoms with Crippen LogP contribution >= 0.6 is 23.1 Å². The molecule has 7 heteroatoms. The first-order chi connectivity index (χ1) is 14.5. The molecule has 0 aliphatic rings. The summed E-state index contributed by atoms with van der Waals surface area (Å²) in [5, 5.41) is 5.33. The maximum absolute atomic E-state index is 12.4. The number of rotatable bonds is 6. The lowest BCUT2D eigenvalue weighted by molar-refractivity contribution is -0.116. The third-order valence-electron chi connectivity index (χ3n) is 4.88. The number of aromatic nitrogens is 2. The second kappa shape index (κ2) is 8.85. The summed E-state index contributed by atoms with van der Waals surface area (Å²) in [4.78, 5) is 32.0. The Kier molecular flexibility index (Phi) is 6.01. The van der Waals surface area contributed by atoms with E-state index in [2.05, 4.69) is 42.3 Å². The van der Waals surface area contributed by atoms with Gasteiger partial charge in [0.15, 0.2) is 0 Å². The van der Waals surface area contributed by atoms with E-state index in [4.69, 9.17) is 0 Å². The molecule has 2 heterocycles. The van der Waals surface area contributed by atoms with Crippen LogP contribution in [0.25, 0.3) is 10.2 Å². The summed E-state index contributed by atoms with van der Waals surface area (Å²) >= 11 is 3.13. The molecule has 2 aromatic heterocycles. The number of amides is 1. The van der Waals surface area contributed by atoms with Gasteiger partial charge in [-0.05, 0) is 72.8 Å². The molecule has 0 bridgehead atoms. The summed E-state index contributed by atoms with van der Waals surface area (Å²) < 4.78 is 1.48. The van der Waals surface area contributed by atoms with Crippen molar-refractivity contribution < 1.29 is 4.79 Å². The van der Waals surface area contributed by atoms with Gasteiger partial charge >= 0.3 is 0 Å². The molecule has 0 saturated heterocycles. The minimum absolute atomic E-state index is 0.109. The average Bonchev–Trinajstić information content (AvgIpc) is 3.21. The van der Waals surface area contributed by atoms with Crippen molar-refractivity contribution in [3.8, 4) is 0 Å². The second-order valence-corrected chi connectivity index (χ2v) is 9.09. The van der Waals surface area contributed by atoms with Gasteiger partial charge in [-0.1, -0.05) is 17.8 Å². The van der Waals surface area contributed by atoms with Crippen molar-refractivity contribution in [3.63, 3.8) is 0 Å². The third kappa shape index (κ3) is 4.63. The maximum atomic E-state index is 12.4. The molecule has 30 heavy (non-hydrogen) atoms. The molecule has 0 unspecified atom stereocenters. The van der Waals surface area contributed by atoms with Crippen LogP contribution in [0.1, 0.15) is 17.5 Å². The maximum Gasteiger partial charge on any atom is 0.262 e. The quantitative estimate of drug-likeness (QED) is 0.449. The summed E-state index contributed by atoms with van der Waals surface area (Å²) in [7, 11) is 0. The highest BCUT2D eigenvalue weighted by Gasteiger charge is 2.08. The molecule has 0 atom stereocenters. The molecular weight excluding hydrogens is 414 g/mol. The van der Waals surface area contributed by atoms with E-state index in [1.807, 2.05) is 29.6 Å². The molecule has 0 saturated carbocycles. The van der Waals surface area contributed by atoms with Gasteiger partial charge in [-0.2, -0.15) is 0 Å². The molecule has 4 aromatic rings. The van der Waals surface area contributed by atoms with E-state index < -0.39 is 0 Å². The van der Waals surface area contributed by atoms with E-state index in [0.29, 0.717) is 11.9 Å². The summed E-state index contributed by atoms with van der Waals surface area (Å²) in [5.74, 6) is -0.137. The van der Waals surface area contributed by atoms with Crippen molar-refractivity contribution in [2.75, 3.05) is 5.32 Å². The largest absolute Gasteiger partial charge is 0.326 e. The first-order valence-electron chi connectivity index (χ1n) is 9.57. The lowest BCUT2D eigenvalue weighted by atomic mass is 10.1. The standard InChI is InChI=1S/C23H21N3O2S2/c1-15-3-6-19(13-16(15)2)30-18-7-4-17(5-8-18)25-21(27)9-11-26-14-24-22-20(23(26)28)10-12-29-22/h3-8,10,12-14H,9,11H2,1-2H3,(H,25,27). The fourth-order valence-corrected chi connectivity index (χ4v) is 4.66. The van der Waals surface area contributed by atoms with E-state index in [0.717, 1.165) is 15.4 Å². The normalized spacial score (nSPS) is 11.0. The minimum Gasteiger partial charge on any atom is -0.326 e. The van der Waals surface area contributed by atoms with Gasteiger partial charge in [0.05, 0.1) is 11.7 Å². The highest BCUT2D eigenvalue weighted by molar-refractivity contribution is 7.99. The topological polar surface area (TPSA) is 64.0 Å². The van der Waals surface area contributed by atoms with Crippen LogP contribution < -0.4 is 10.9 Å². The van der Waals surface area contributed by atoms with Crippen molar-refractivity contribution in [1.82, 2.24) is 9.55 Å². The molecule has 4 rings (SSSR count). The average molecular weight is 436 g/mol. The lowest BCUT2D eigenvalue weighted by Gasteiger charge is -2.08. The number of fused-ring (bicyclic) bond motifs is 1. The first-order valence-corrected chi connectivity index (χ1v) is 11.3. The highest BCUT2D eigenvalue weighted by Crippen LogP contribution is 2.29. The van der Waals surface area contributed by atoms with Crippen LogP contribution in [0.4, 0.5) is 5.69 Å². The number of nitrogens with zero attached hydrogens (tertiary/aromatic N) is 2. The molecule has 0 radical (unpaired) electrons. The Hall–Kier alpha value is -2.90. The SMILES string of the molecule is Cc1ccc(Sc2ccc(NC(=O)CCn3cnc4sccc4c3=O)cc2)cc1C. The Morgan fingerprint density at radius 3 is 2.60 bits per heavy atom. The monoisotopic (exact) mass is 435 g/mol. The van der Waals surface area contributed by atoms with Crippen molar-refractivity contribution in [2.45, 2.75) is 36.6 Å². The molecule has 152 valence electrons. The van der Waals surface area contributed by atoms with Gasteiger partial charge in [-0.3, -0.25) is 14.2 Å². The molecule has 0 fully saturated rings. The summed E-state index contributed by atoms with van der Waals surface area (Å²) in [6, 6.07) is 16.0. The molecule has 1 amide bonds. The predicted molar refractivity (Wildman–Crippen MR) is 124 cm³/mol. The van der Waals surface area contributed by atoms with Gasteiger partial charge in [-0.25, -0.2) is 4.98 Å². The van der Waals surface area contributed by atoms with E-state index in [9.17, 15) is 9.59 Å². The fourth-order valence-electron chi connectivity index (χ4n) is 3.02. The van der Waals surface area contributed by atoms with E-state index >= 15 is 0 Å². The van der Waals surface area contributed by atoms with Gasteiger partial charge in [0.2, 0.25) is 5.91 Å². The zero-order valence-electron chi connectivity index (χ0n) is 16.7. The predicted octanol–water partition coefficient (Wildman–Crippen LogP) is 5.25. The summed E-state index contributed by atoms with van der Waals surface area (Å²) in [6.45, 7) is 4.51. The number of benzene rings is 2. The summed E-state index contributed by atoms with van der Waals surface area (Å²) in [5.41, 5.74) is 3.19. The Morgan fingerprint density at radius 2 is 1.83 bits per heavy atom. The molecule has 1 N–H and O–H groups in total. The lowest BCUT2D eigenvalue weighted by Crippen LogP contribution is -2.23. The molecule has 0 spiro atoms. The molecule has 5 nitrogen and oxygen atoms in total. The number of nitrogens with one attached hydrogen (secondary N) is 1. The zero-order valence-corrected chi connectivity index (χ0v) is 18.3. The van der Waals surface area contributed by atoms with Crippen LogP contribution in [-0.2, 0) is 11.3 Å². The number of carbonyl (C=O) groups excluding carboxylic acids is 1. The number of thiophene rings is 1. The van der Waals surface area contributed by atoms with Gasteiger partial charge < -0.3 is 5.32 Å². The second-order valence-electron chi connectivity index (χ2n) is 7.05. The highest BCUT2D eigenvalue weighted by atomic mass is 32.2. The smallest absolute Gasteiger partial charge is 0.262 e. The van der Waals surface area contributed by atoms with E-state index in [-0.39, 0.29) is 17.9 Å². The van der Waals surface area contributed by atoms with Crippen molar-refractivity contribution >= 4 is 44.9 Å². The van der Waals surface area contributed by atoms with Gasteiger partial charge in [0.25, 0.3) is 5.56 Å².